The van der Waals surface area contributed by atoms with Crippen molar-refractivity contribution in [2.75, 3.05) is 25.4 Å². The fraction of sp³-hybridized carbons (Fsp3) is 0.400. The summed E-state index contributed by atoms with van der Waals surface area (Å²) in [5, 5.41) is 0. The molecule has 0 bridgehead atoms. The average molecular weight is 395 g/mol. The summed E-state index contributed by atoms with van der Waals surface area (Å²) in [6, 6.07) is 2.26. The molecular weight excluding hydrogens is 372 g/mol. The molecule has 1 saturated heterocycles. The van der Waals surface area contributed by atoms with Crippen molar-refractivity contribution in [3.05, 3.63) is 53.2 Å². The molecule has 5 heterocycles. The zero-order valence-electron chi connectivity index (χ0n) is 15.5. The van der Waals surface area contributed by atoms with Gasteiger partial charge in [-0.05, 0) is 24.5 Å². The summed E-state index contributed by atoms with van der Waals surface area (Å²) in [6.07, 6.45) is 11.7. The van der Waals surface area contributed by atoms with Gasteiger partial charge in [0.15, 0.2) is 0 Å². The number of nitrogens with two attached hydrogens (primary N) is 1. The Labute approximate surface area is 167 Å². The zero-order chi connectivity index (χ0) is 19.0. The number of nitrogens with zero attached hydrogens (tertiary/aromatic N) is 5. The molecule has 3 aromatic heterocycles. The highest BCUT2D eigenvalue weighted by molar-refractivity contribution is 7.15. The maximum atomic E-state index is 6.40. The first-order valence-corrected chi connectivity index (χ1v) is 10.3. The van der Waals surface area contributed by atoms with E-state index in [0.29, 0.717) is 5.82 Å². The van der Waals surface area contributed by atoms with E-state index in [9.17, 15) is 0 Å². The monoisotopic (exact) mass is 394 g/mol. The molecule has 2 aliphatic heterocycles. The third-order valence-electron chi connectivity index (χ3n) is 5.62. The molecule has 8 heteroatoms. The molecule has 144 valence electrons. The highest BCUT2D eigenvalue weighted by Crippen LogP contribution is 2.46. The summed E-state index contributed by atoms with van der Waals surface area (Å²) in [5.74, 6) is 0.445. The number of fused-ring (bicyclic) bond motifs is 2. The largest absolute Gasteiger partial charge is 0.382 e. The number of anilines is 1. The molecule has 2 N–H and O–H groups in total. The van der Waals surface area contributed by atoms with E-state index < -0.39 is 0 Å². The number of likely N-dealkylation sites (tertiary alicyclic amines) is 1. The summed E-state index contributed by atoms with van der Waals surface area (Å²) >= 11 is 1.81. The topological polar surface area (TPSA) is 90.1 Å². The van der Waals surface area contributed by atoms with Crippen LogP contribution in [0.15, 0.2) is 37.2 Å². The van der Waals surface area contributed by atoms with Gasteiger partial charge in [-0.3, -0.25) is 4.90 Å². The summed E-state index contributed by atoms with van der Waals surface area (Å²) in [7, 11) is 0. The molecule has 1 fully saturated rings. The summed E-state index contributed by atoms with van der Waals surface area (Å²) in [5.41, 5.74) is 8.89. The molecule has 1 spiro atoms. The van der Waals surface area contributed by atoms with E-state index in [1.165, 1.54) is 10.4 Å². The molecule has 0 radical (unpaired) electrons. The molecule has 0 aliphatic carbocycles. The number of ether oxygens (including phenoxy) is 1. The molecule has 0 aromatic carbocycles. The quantitative estimate of drug-likeness (QED) is 0.730. The lowest BCUT2D eigenvalue weighted by Crippen LogP contribution is -2.45. The molecule has 3 aromatic rings. The van der Waals surface area contributed by atoms with Gasteiger partial charge in [0.05, 0.1) is 35.2 Å². The molecule has 0 saturated carbocycles. The van der Waals surface area contributed by atoms with E-state index in [4.69, 9.17) is 10.5 Å². The van der Waals surface area contributed by atoms with Crippen molar-refractivity contribution in [3.8, 4) is 10.6 Å². The van der Waals surface area contributed by atoms with E-state index >= 15 is 0 Å². The van der Waals surface area contributed by atoms with E-state index in [1.54, 1.807) is 18.7 Å². The number of hydrogen-bond acceptors (Lipinski definition) is 8. The number of rotatable bonds is 3. The molecule has 0 atom stereocenters. The first kappa shape index (κ1) is 17.7. The van der Waals surface area contributed by atoms with Crippen LogP contribution in [0.4, 0.5) is 5.82 Å². The smallest absolute Gasteiger partial charge is 0.141 e. The fourth-order valence-electron chi connectivity index (χ4n) is 4.16. The number of aromatic nitrogens is 4. The maximum absolute atomic E-state index is 6.40. The van der Waals surface area contributed by atoms with Gasteiger partial charge in [-0.1, -0.05) is 0 Å². The van der Waals surface area contributed by atoms with Crippen molar-refractivity contribution >= 4 is 17.2 Å². The highest BCUT2D eigenvalue weighted by Gasteiger charge is 2.42. The Morgan fingerprint density at radius 2 is 1.93 bits per heavy atom. The van der Waals surface area contributed by atoms with Crippen molar-refractivity contribution in [2.24, 2.45) is 0 Å². The minimum atomic E-state index is -0.173. The average Bonchev–Trinajstić information content (AvgIpc) is 3.17. The Bertz CT molecular complexity index is 951. The van der Waals surface area contributed by atoms with Gasteiger partial charge in [-0.15, -0.1) is 11.3 Å². The van der Waals surface area contributed by atoms with Gasteiger partial charge in [-0.2, -0.15) is 0 Å². The first-order chi connectivity index (χ1) is 13.7. The van der Waals surface area contributed by atoms with Gasteiger partial charge >= 0.3 is 0 Å². The van der Waals surface area contributed by atoms with Crippen LogP contribution in [0.25, 0.3) is 10.6 Å². The zero-order valence-corrected chi connectivity index (χ0v) is 16.4. The fourth-order valence-corrected chi connectivity index (χ4v) is 5.36. The van der Waals surface area contributed by atoms with Gasteiger partial charge in [-0.25, -0.2) is 19.9 Å². The van der Waals surface area contributed by atoms with E-state index in [0.717, 1.165) is 61.6 Å². The minimum Gasteiger partial charge on any atom is -0.382 e. The normalized spacial score (nSPS) is 18.9. The Morgan fingerprint density at radius 1 is 1.11 bits per heavy atom. The molecule has 2 aliphatic rings. The van der Waals surface area contributed by atoms with Gasteiger partial charge in [0.25, 0.3) is 0 Å². The third-order valence-corrected chi connectivity index (χ3v) is 6.83. The van der Waals surface area contributed by atoms with Crippen LogP contribution < -0.4 is 5.73 Å². The molecule has 0 unspecified atom stereocenters. The number of thiophene rings is 1. The highest BCUT2D eigenvalue weighted by atomic mass is 32.1. The predicted octanol–water partition coefficient (Wildman–Crippen LogP) is 2.64. The molecule has 5 rings (SSSR count). The van der Waals surface area contributed by atoms with Gasteiger partial charge in [0, 0.05) is 48.9 Å². The standard InChI is InChI=1S/C20H22N6OS/c21-19-11-24-16(10-25-19)18-7-15-17(28-18)1-6-27-20(15)2-4-26(5-3-20)12-14-8-22-13-23-9-14/h7-11,13H,1-6,12H2,(H2,21,25). The van der Waals surface area contributed by atoms with Gasteiger partial charge < -0.3 is 10.5 Å². The van der Waals surface area contributed by atoms with Crippen molar-refractivity contribution < 1.29 is 4.74 Å². The Balaban J connectivity index is 1.36. The Morgan fingerprint density at radius 3 is 2.68 bits per heavy atom. The number of hydrogen-bond donors (Lipinski definition) is 1. The molecule has 7 nitrogen and oxygen atoms in total. The van der Waals surface area contributed by atoms with Crippen molar-refractivity contribution in [1.82, 2.24) is 24.8 Å². The van der Waals surface area contributed by atoms with Crippen LogP contribution in [-0.2, 0) is 23.3 Å². The molecule has 28 heavy (non-hydrogen) atoms. The summed E-state index contributed by atoms with van der Waals surface area (Å²) < 4.78 is 6.40. The van der Waals surface area contributed by atoms with Crippen molar-refractivity contribution in [2.45, 2.75) is 31.4 Å². The van der Waals surface area contributed by atoms with Crippen molar-refractivity contribution in [3.63, 3.8) is 0 Å². The third kappa shape index (κ3) is 3.28. The van der Waals surface area contributed by atoms with Crippen LogP contribution in [0.1, 0.15) is 28.8 Å². The van der Waals surface area contributed by atoms with E-state index in [1.807, 2.05) is 23.7 Å². The van der Waals surface area contributed by atoms with Crippen molar-refractivity contribution in [1.29, 1.82) is 0 Å². The maximum Gasteiger partial charge on any atom is 0.141 e. The lowest BCUT2D eigenvalue weighted by atomic mass is 9.82. The van der Waals surface area contributed by atoms with E-state index in [2.05, 4.69) is 30.9 Å². The second kappa shape index (κ2) is 7.20. The van der Waals surface area contributed by atoms with E-state index in [-0.39, 0.29) is 5.60 Å². The van der Waals surface area contributed by atoms with Crippen LogP contribution in [-0.4, -0.2) is 44.5 Å². The molecular formula is C20H22N6OS. The SMILES string of the molecule is Nc1cnc(-c2cc3c(s2)CCOC32CCN(Cc3cncnc3)CC2)cn1. The van der Waals surface area contributed by atoms with Crippen LogP contribution in [0, 0.1) is 0 Å². The summed E-state index contributed by atoms with van der Waals surface area (Å²) in [4.78, 5) is 21.9. The van der Waals surface area contributed by atoms with Crippen LogP contribution in [0.3, 0.4) is 0 Å². The Hall–Kier alpha value is -2.42. The van der Waals surface area contributed by atoms with Crippen LogP contribution >= 0.6 is 11.3 Å². The second-order valence-corrected chi connectivity index (χ2v) is 8.53. The summed E-state index contributed by atoms with van der Waals surface area (Å²) in [6.45, 7) is 3.68. The lowest BCUT2D eigenvalue weighted by Gasteiger charge is -2.44. The first-order valence-electron chi connectivity index (χ1n) is 9.53. The lowest BCUT2D eigenvalue weighted by molar-refractivity contribution is -0.0980. The minimum absolute atomic E-state index is 0.173. The number of nitrogen functional groups attached to an aromatic ring is 1. The van der Waals surface area contributed by atoms with Crippen LogP contribution in [0.2, 0.25) is 0 Å². The number of piperidine rings is 1. The van der Waals surface area contributed by atoms with Gasteiger partial charge in [0.1, 0.15) is 12.1 Å². The van der Waals surface area contributed by atoms with Gasteiger partial charge in [0.2, 0.25) is 0 Å². The predicted molar refractivity (Wildman–Crippen MR) is 108 cm³/mol. The Kier molecular flexibility index (Phi) is 4.54. The second-order valence-electron chi connectivity index (χ2n) is 7.39. The van der Waals surface area contributed by atoms with Crippen LogP contribution in [0.5, 0.6) is 0 Å². The molecule has 0 amide bonds.